The standard InChI is InChI=1S/C18H17N3O/c1-13-3-8-17(14(2)9-13)10-18(22)21-20-12-16-6-4-15(11-19)5-7-16/h3-9,12H,10H2,1-2H3,(H,21,22)/b20-12-. The molecule has 0 aliphatic heterocycles. The summed E-state index contributed by atoms with van der Waals surface area (Å²) in [4.78, 5) is 11.9. The van der Waals surface area contributed by atoms with Crippen LogP contribution in [0.2, 0.25) is 0 Å². The van der Waals surface area contributed by atoms with E-state index in [0.29, 0.717) is 12.0 Å². The summed E-state index contributed by atoms with van der Waals surface area (Å²) in [6.07, 6.45) is 1.86. The molecule has 2 aromatic carbocycles. The van der Waals surface area contributed by atoms with Crippen LogP contribution in [0.4, 0.5) is 0 Å². The van der Waals surface area contributed by atoms with Crippen LogP contribution in [0.3, 0.4) is 0 Å². The van der Waals surface area contributed by atoms with Gasteiger partial charge in [-0.05, 0) is 42.7 Å². The molecule has 22 heavy (non-hydrogen) atoms. The molecule has 0 unspecified atom stereocenters. The van der Waals surface area contributed by atoms with Crippen LogP contribution >= 0.6 is 0 Å². The first-order valence-corrected chi connectivity index (χ1v) is 6.96. The lowest BCUT2D eigenvalue weighted by Gasteiger charge is -2.05. The number of hydrazone groups is 1. The number of amides is 1. The number of aryl methyl sites for hydroxylation is 2. The Morgan fingerprint density at radius 2 is 1.95 bits per heavy atom. The van der Waals surface area contributed by atoms with E-state index in [9.17, 15) is 4.79 Å². The van der Waals surface area contributed by atoms with E-state index in [4.69, 9.17) is 5.26 Å². The number of rotatable bonds is 4. The molecule has 1 amide bonds. The first-order chi connectivity index (χ1) is 10.6. The van der Waals surface area contributed by atoms with Gasteiger partial charge in [-0.25, -0.2) is 5.43 Å². The normalized spacial score (nSPS) is 10.4. The highest BCUT2D eigenvalue weighted by Crippen LogP contribution is 2.11. The Bertz CT molecular complexity index is 740. The molecule has 4 heteroatoms. The van der Waals surface area contributed by atoms with Crippen LogP contribution in [0.5, 0.6) is 0 Å². The molecule has 0 aromatic heterocycles. The highest BCUT2D eigenvalue weighted by molar-refractivity contribution is 5.83. The maximum atomic E-state index is 11.9. The van der Waals surface area contributed by atoms with Crippen molar-refractivity contribution in [3.63, 3.8) is 0 Å². The molecule has 0 fully saturated rings. The number of benzene rings is 2. The van der Waals surface area contributed by atoms with Crippen molar-refractivity contribution in [1.82, 2.24) is 5.43 Å². The van der Waals surface area contributed by atoms with Crippen molar-refractivity contribution in [2.45, 2.75) is 20.3 Å². The predicted octanol–water partition coefficient (Wildman–Crippen LogP) is 2.87. The van der Waals surface area contributed by atoms with Gasteiger partial charge < -0.3 is 0 Å². The molecular formula is C18H17N3O. The number of hydrogen-bond acceptors (Lipinski definition) is 3. The van der Waals surface area contributed by atoms with Gasteiger partial charge in [0.2, 0.25) is 5.91 Å². The second-order valence-corrected chi connectivity index (χ2v) is 5.13. The van der Waals surface area contributed by atoms with Crippen molar-refractivity contribution in [3.8, 4) is 6.07 Å². The van der Waals surface area contributed by atoms with Crippen molar-refractivity contribution < 1.29 is 4.79 Å². The van der Waals surface area contributed by atoms with Crippen LogP contribution in [-0.4, -0.2) is 12.1 Å². The molecule has 0 bridgehead atoms. The van der Waals surface area contributed by atoms with E-state index in [1.54, 1.807) is 30.5 Å². The van der Waals surface area contributed by atoms with Gasteiger partial charge >= 0.3 is 0 Å². The van der Waals surface area contributed by atoms with Crippen molar-refractivity contribution in [2.24, 2.45) is 5.10 Å². The Morgan fingerprint density at radius 1 is 1.23 bits per heavy atom. The number of carbonyl (C=O) groups excluding carboxylic acids is 1. The first-order valence-electron chi connectivity index (χ1n) is 6.96. The number of nitrogens with zero attached hydrogens (tertiary/aromatic N) is 2. The van der Waals surface area contributed by atoms with E-state index in [2.05, 4.69) is 22.7 Å². The highest BCUT2D eigenvalue weighted by atomic mass is 16.2. The van der Waals surface area contributed by atoms with E-state index in [-0.39, 0.29) is 5.91 Å². The third-order valence-corrected chi connectivity index (χ3v) is 3.29. The van der Waals surface area contributed by atoms with Crippen LogP contribution in [0.25, 0.3) is 0 Å². The van der Waals surface area contributed by atoms with Gasteiger partial charge in [0.15, 0.2) is 0 Å². The zero-order valence-electron chi connectivity index (χ0n) is 12.6. The lowest BCUT2D eigenvalue weighted by molar-refractivity contribution is -0.120. The summed E-state index contributed by atoms with van der Waals surface area (Å²) in [6.45, 7) is 4.02. The molecule has 0 saturated carbocycles. The lowest BCUT2D eigenvalue weighted by atomic mass is 10.0. The average Bonchev–Trinajstić information content (AvgIpc) is 2.51. The molecule has 0 aliphatic rings. The van der Waals surface area contributed by atoms with E-state index in [0.717, 1.165) is 16.7 Å². The molecule has 1 N–H and O–H groups in total. The highest BCUT2D eigenvalue weighted by Gasteiger charge is 2.05. The summed E-state index contributed by atoms with van der Waals surface area (Å²) in [5, 5.41) is 12.6. The zero-order valence-corrected chi connectivity index (χ0v) is 12.6. The average molecular weight is 291 g/mol. The van der Waals surface area contributed by atoms with Crippen LogP contribution in [0, 0.1) is 25.2 Å². The van der Waals surface area contributed by atoms with E-state index < -0.39 is 0 Å². The maximum Gasteiger partial charge on any atom is 0.244 e. The summed E-state index contributed by atoms with van der Waals surface area (Å²) >= 11 is 0. The minimum absolute atomic E-state index is 0.156. The van der Waals surface area contributed by atoms with Crippen LogP contribution < -0.4 is 5.43 Å². The first kappa shape index (κ1) is 15.5. The molecule has 4 nitrogen and oxygen atoms in total. The smallest absolute Gasteiger partial charge is 0.244 e. The van der Waals surface area contributed by atoms with Crippen molar-refractivity contribution >= 4 is 12.1 Å². The number of nitriles is 1. The summed E-state index contributed by atoms with van der Waals surface area (Å²) in [5.74, 6) is -0.156. The quantitative estimate of drug-likeness (QED) is 0.695. The van der Waals surface area contributed by atoms with E-state index in [1.807, 2.05) is 26.0 Å². The van der Waals surface area contributed by atoms with Crippen molar-refractivity contribution in [1.29, 1.82) is 5.26 Å². The minimum atomic E-state index is -0.156. The third-order valence-electron chi connectivity index (χ3n) is 3.29. The van der Waals surface area contributed by atoms with Gasteiger partial charge in [0.25, 0.3) is 0 Å². The Balaban J connectivity index is 1.91. The molecule has 0 radical (unpaired) electrons. The minimum Gasteiger partial charge on any atom is -0.273 e. The molecular weight excluding hydrogens is 274 g/mol. The summed E-state index contributed by atoms with van der Waals surface area (Å²) in [5.41, 5.74) is 7.21. The van der Waals surface area contributed by atoms with Crippen LogP contribution in [0.15, 0.2) is 47.6 Å². The van der Waals surface area contributed by atoms with Crippen molar-refractivity contribution in [2.75, 3.05) is 0 Å². The van der Waals surface area contributed by atoms with Crippen LogP contribution in [-0.2, 0) is 11.2 Å². The van der Waals surface area contributed by atoms with Gasteiger partial charge in [-0.15, -0.1) is 0 Å². The lowest BCUT2D eigenvalue weighted by Crippen LogP contribution is -2.20. The molecule has 0 atom stereocenters. The van der Waals surface area contributed by atoms with Gasteiger partial charge in [-0.1, -0.05) is 35.9 Å². The summed E-state index contributed by atoms with van der Waals surface area (Å²) < 4.78 is 0. The summed E-state index contributed by atoms with van der Waals surface area (Å²) in [7, 11) is 0. The third kappa shape index (κ3) is 4.29. The number of hydrogen-bond donors (Lipinski definition) is 1. The maximum absolute atomic E-state index is 11.9. The fourth-order valence-electron chi connectivity index (χ4n) is 2.08. The second kappa shape index (κ2) is 7.19. The van der Waals surface area contributed by atoms with Gasteiger partial charge in [0.05, 0.1) is 24.3 Å². The van der Waals surface area contributed by atoms with E-state index in [1.165, 1.54) is 5.56 Å². The fraction of sp³-hybridized carbons (Fsp3) is 0.167. The molecule has 2 aromatic rings. The Labute approximate surface area is 130 Å². The van der Waals surface area contributed by atoms with Gasteiger partial charge in [-0.2, -0.15) is 10.4 Å². The largest absolute Gasteiger partial charge is 0.273 e. The summed E-state index contributed by atoms with van der Waals surface area (Å²) in [6, 6.07) is 15.0. The van der Waals surface area contributed by atoms with E-state index >= 15 is 0 Å². The van der Waals surface area contributed by atoms with Gasteiger partial charge in [0.1, 0.15) is 0 Å². The molecule has 0 heterocycles. The Morgan fingerprint density at radius 3 is 2.59 bits per heavy atom. The number of carbonyl (C=O) groups is 1. The topological polar surface area (TPSA) is 65.2 Å². The predicted molar refractivity (Wildman–Crippen MR) is 86.5 cm³/mol. The Kier molecular flexibility index (Phi) is 5.05. The Hall–Kier alpha value is -2.93. The van der Waals surface area contributed by atoms with Gasteiger partial charge in [-0.3, -0.25) is 4.79 Å². The van der Waals surface area contributed by atoms with Gasteiger partial charge in [0, 0.05) is 0 Å². The number of nitrogens with one attached hydrogen (secondary N) is 1. The fourth-order valence-corrected chi connectivity index (χ4v) is 2.08. The van der Waals surface area contributed by atoms with Crippen molar-refractivity contribution in [3.05, 3.63) is 70.3 Å². The SMILES string of the molecule is Cc1ccc(CC(=O)N/N=C\c2ccc(C#N)cc2)c(C)c1. The van der Waals surface area contributed by atoms with Crippen LogP contribution in [0.1, 0.15) is 27.8 Å². The molecule has 2 rings (SSSR count). The molecule has 0 aliphatic carbocycles. The molecule has 0 saturated heterocycles. The second-order valence-electron chi connectivity index (χ2n) is 5.13. The monoisotopic (exact) mass is 291 g/mol. The zero-order chi connectivity index (χ0) is 15.9. The molecule has 110 valence electrons. The molecule has 0 spiro atoms.